The molecule has 0 radical (unpaired) electrons. The minimum Gasteiger partial charge on any atom is -0.443 e. The molecule has 208 valence electrons. The molecule has 4 saturated heterocycles. The van der Waals surface area contributed by atoms with Gasteiger partial charge in [0.2, 0.25) is 0 Å². The van der Waals surface area contributed by atoms with Crippen molar-refractivity contribution in [1.29, 1.82) is 0 Å². The first kappa shape index (κ1) is 26.1. The topological polar surface area (TPSA) is 73.1 Å². The highest BCUT2D eigenvalue weighted by atomic mass is 16.6. The average Bonchev–Trinajstić information content (AvgIpc) is 3.68. The molecule has 0 bridgehead atoms. The van der Waals surface area contributed by atoms with E-state index in [0.717, 1.165) is 64.0 Å². The van der Waals surface area contributed by atoms with E-state index >= 15 is 0 Å². The van der Waals surface area contributed by atoms with Crippen molar-refractivity contribution in [3.63, 3.8) is 0 Å². The standard InChI is InChI=1S/C30H47NO6/c1-19(2)5-6-25-29(3,37-25)27-26(33-4)24(7-10-30(27)18-35-30)36-28(32)31-16-22-14-21(15-23(22)17-31)13-20-8-11-34-12-9-20/h5,20-27H,6-18H2,1-4H3/t21?,22-,23+,24-,25-,26-,27-,29+,30+/m1/s1. The van der Waals surface area contributed by atoms with Crippen molar-refractivity contribution in [2.75, 3.05) is 40.0 Å². The molecule has 6 fully saturated rings. The van der Waals surface area contributed by atoms with Crippen LogP contribution in [0.25, 0.3) is 0 Å². The number of nitrogens with zero attached hydrogens (tertiary/aromatic N) is 1. The minimum atomic E-state index is -0.307. The maximum absolute atomic E-state index is 13.4. The van der Waals surface area contributed by atoms with Gasteiger partial charge in [0.15, 0.2) is 0 Å². The van der Waals surface area contributed by atoms with Gasteiger partial charge in [-0.3, -0.25) is 0 Å². The number of likely N-dealkylation sites (tertiary alicyclic amines) is 1. The second-order valence-corrected chi connectivity index (χ2v) is 13.4. The van der Waals surface area contributed by atoms with Crippen LogP contribution in [-0.2, 0) is 23.7 Å². The van der Waals surface area contributed by atoms with Crippen molar-refractivity contribution in [3.05, 3.63) is 11.6 Å². The van der Waals surface area contributed by atoms with Crippen LogP contribution < -0.4 is 0 Å². The molecular weight excluding hydrogens is 470 g/mol. The monoisotopic (exact) mass is 517 g/mol. The number of fused-ring (bicyclic) bond motifs is 1. The molecule has 0 aromatic rings. The summed E-state index contributed by atoms with van der Waals surface area (Å²) in [7, 11) is 1.75. The summed E-state index contributed by atoms with van der Waals surface area (Å²) in [4.78, 5) is 15.3. The van der Waals surface area contributed by atoms with Gasteiger partial charge in [0.05, 0.1) is 18.6 Å². The van der Waals surface area contributed by atoms with E-state index < -0.39 is 0 Å². The number of carbonyl (C=O) groups excluding carboxylic acids is 1. The molecule has 1 unspecified atom stereocenters. The predicted octanol–water partition coefficient (Wildman–Crippen LogP) is 4.97. The Labute approximate surface area is 222 Å². The lowest BCUT2D eigenvalue weighted by atomic mass is 9.68. The van der Waals surface area contributed by atoms with E-state index in [2.05, 4.69) is 26.8 Å². The first-order valence-electron chi connectivity index (χ1n) is 14.8. The lowest BCUT2D eigenvalue weighted by molar-refractivity contribution is -0.121. The third-order valence-corrected chi connectivity index (χ3v) is 10.6. The zero-order valence-electron chi connectivity index (χ0n) is 23.3. The fraction of sp³-hybridized carbons (Fsp3) is 0.900. The van der Waals surface area contributed by atoms with Gasteiger partial charge in [0.25, 0.3) is 0 Å². The van der Waals surface area contributed by atoms with Crippen LogP contribution in [0, 0.1) is 29.6 Å². The Morgan fingerprint density at radius 1 is 1.08 bits per heavy atom. The number of amides is 1. The molecule has 0 N–H and O–H groups in total. The third kappa shape index (κ3) is 5.10. The summed E-state index contributed by atoms with van der Waals surface area (Å²) in [6.45, 7) is 10.7. The number of rotatable bonds is 7. The molecule has 37 heavy (non-hydrogen) atoms. The van der Waals surface area contributed by atoms with E-state index in [1.54, 1.807) is 7.11 Å². The fourth-order valence-corrected chi connectivity index (χ4v) is 8.49. The number of hydrogen-bond acceptors (Lipinski definition) is 6. The predicted molar refractivity (Wildman–Crippen MR) is 139 cm³/mol. The molecule has 0 aromatic carbocycles. The molecule has 4 heterocycles. The quantitative estimate of drug-likeness (QED) is 0.351. The molecule has 6 aliphatic rings. The fourth-order valence-electron chi connectivity index (χ4n) is 8.49. The van der Waals surface area contributed by atoms with E-state index in [4.69, 9.17) is 23.7 Å². The number of methoxy groups -OCH3 is 1. The molecule has 1 amide bonds. The Balaban J connectivity index is 1.05. The highest BCUT2D eigenvalue weighted by Gasteiger charge is 2.72. The Hall–Kier alpha value is -1.15. The molecule has 9 atom stereocenters. The smallest absolute Gasteiger partial charge is 0.410 e. The van der Waals surface area contributed by atoms with Crippen LogP contribution in [-0.4, -0.2) is 80.5 Å². The first-order valence-corrected chi connectivity index (χ1v) is 14.8. The van der Waals surface area contributed by atoms with Crippen molar-refractivity contribution in [3.8, 4) is 0 Å². The normalized spacial score (nSPS) is 45.1. The van der Waals surface area contributed by atoms with Crippen LogP contribution in [0.3, 0.4) is 0 Å². The van der Waals surface area contributed by atoms with Crippen molar-refractivity contribution < 1.29 is 28.5 Å². The second-order valence-electron chi connectivity index (χ2n) is 13.4. The number of allylic oxidation sites excluding steroid dienone is 1. The maximum Gasteiger partial charge on any atom is 0.410 e. The van der Waals surface area contributed by atoms with E-state index in [1.165, 1.54) is 37.7 Å². The SMILES string of the molecule is CO[C@@H]1[C@H](OC(=O)N2C[C@H]3CC(CC4CCOCC4)C[C@H]3C2)CC[C@]2(CO2)[C@H]1[C@@]1(C)O[C@@H]1CC=C(C)C. The summed E-state index contributed by atoms with van der Waals surface area (Å²) in [5.41, 5.74) is 0.805. The van der Waals surface area contributed by atoms with Gasteiger partial charge in [0.1, 0.15) is 23.4 Å². The van der Waals surface area contributed by atoms with E-state index in [0.29, 0.717) is 11.8 Å². The summed E-state index contributed by atoms with van der Waals surface area (Å²) in [6.07, 6.45) is 10.7. The summed E-state index contributed by atoms with van der Waals surface area (Å²) < 4.78 is 30.2. The third-order valence-electron chi connectivity index (χ3n) is 10.6. The number of ether oxygens (including phenoxy) is 5. The first-order chi connectivity index (χ1) is 17.8. The van der Waals surface area contributed by atoms with Gasteiger partial charge in [-0.15, -0.1) is 0 Å². The average molecular weight is 518 g/mol. The van der Waals surface area contributed by atoms with Gasteiger partial charge in [0, 0.05) is 33.4 Å². The van der Waals surface area contributed by atoms with Crippen molar-refractivity contribution in [2.24, 2.45) is 29.6 Å². The molecule has 6 rings (SSSR count). The number of carbonyl (C=O) groups is 1. The van der Waals surface area contributed by atoms with Crippen LogP contribution in [0.5, 0.6) is 0 Å². The summed E-state index contributed by atoms with van der Waals surface area (Å²) in [5, 5.41) is 0. The minimum absolute atomic E-state index is 0.0658. The summed E-state index contributed by atoms with van der Waals surface area (Å²) >= 11 is 0. The van der Waals surface area contributed by atoms with Crippen LogP contribution in [0.15, 0.2) is 11.6 Å². The zero-order valence-corrected chi connectivity index (χ0v) is 23.3. The van der Waals surface area contributed by atoms with Crippen molar-refractivity contribution >= 4 is 6.09 Å². The molecule has 0 aromatic heterocycles. The van der Waals surface area contributed by atoms with Gasteiger partial charge in [-0.1, -0.05) is 11.6 Å². The molecule has 7 nitrogen and oxygen atoms in total. The van der Waals surface area contributed by atoms with Gasteiger partial charge in [-0.25, -0.2) is 4.79 Å². The van der Waals surface area contributed by atoms with Crippen LogP contribution in [0.2, 0.25) is 0 Å². The van der Waals surface area contributed by atoms with Gasteiger partial charge in [-0.2, -0.15) is 0 Å². The van der Waals surface area contributed by atoms with Crippen LogP contribution in [0.1, 0.15) is 72.1 Å². The molecule has 4 aliphatic heterocycles. The highest BCUT2D eigenvalue weighted by Crippen LogP contribution is 2.59. The van der Waals surface area contributed by atoms with Gasteiger partial charge in [-0.05, 0) is 95.8 Å². The van der Waals surface area contributed by atoms with E-state index in [9.17, 15) is 4.79 Å². The Morgan fingerprint density at radius 2 is 1.78 bits per heavy atom. The van der Waals surface area contributed by atoms with Crippen molar-refractivity contribution in [2.45, 2.75) is 102 Å². The van der Waals surface area contributed by atoms with Gasteiger partial charge >= 0.3 is 6.09 Å². The molecule has 2 saturated carbocycles. The van der Waals surface area contributed by atoms with E-state index in [1.807, 2.05) is 4.90 Å². The largest absolute Gasteiger partial charge is 0.443 e. The second kappa shape index (κ2) is 10.1. The van der Waals surface area contributed by atoms with Crippen LogP contribution >= 0.6 is 0 Å². The Bertz CT molecular complexity index is 863. The number of epoxide rings is 2. The Morgan fingerprint density at radius 3 is 2.41 bits per heavy atom. The molecular formula is C30H47NO6. The van der Waals surface area contributed by atoms with Gasteiger partial charge < -0.3 is 28.6 Å². The lowest BCUT2D eigenvalue weighted by Gasteiger charge is -2.43. The van der Waals surface area contributed by atoms with Crippen molar-refractivity contribution in [1.82, 2.24) is 4.90 Å². The molecule has 7 heteroatoms. The zero-order chi connectivity index (χ0) is 25.8. The molecule has 1 spiro atoms. The summed E-state index contributed by atoms with van der Waals surface area (Å²) in [5.74, 6) is 2.99. The lowest BCUT2D eigenvalue weighted by Crippen LogP contribution is -2.56. The molecule has 2 aliphatic carbocycles. The highest BCUT2D eigenvalue weighted by molar-refractivity contribution is 5.68. The summed E-state index contributed by atoms with van der Waals surface area (Å²) in [6, 6.07) is 0. The Kier molecular flexibility index (Phi) is 7.13. The van der Waals surface area contributed by atoms with E-state index in [-0.39, 0.29) is 41.5 Å². The van der Waals surface area contributed by atoms with Crippen LogP contribution in [0.4, 0.5) is 4.79 Å². The maximum atomic E-state index is 13.4. The number of hydrogen-bond donors (Lipinski definition) is 0.